The van der Waals surface area contributed by atoms with Gasteiger partial charge in [0.1, 0.15) is 11.9 Å². The zero-order valence-electron chi connectivity index (χ0n) is 24.7. The van der Waals surface area contributed by atoms with E-state index in [0.717, 1.165) is 61.1 Å². The summed E-state index contributed by atoms with van der Waals surface area (Å²) >= 11 is 0. The summed E-state index contributed by atoms with van der Waals surface area (Å²) in [6.45, 7) is 4.89. The van der Waals surface area contributed by atoms with Gasteiger partial charge in [0.2, 0.25) is 5.91 Å². The van der Waals surface area contributed by atoms with Crippen LogP contribution in [-0.2, 0) is 9.59 Å². The number of carboxylic acids is 1. The average molecular weight is 548 g/mol. The predicted octanol–water partition coefficient (Wildman–Crippen LogP) is 9.14. The van der Waals surface area contributed by atoms with Crippen molar-refractivity contribution < 1.29 is 19.4 Å². The molecule has 0 spiro atoms. The summed E-state index contributed by atoms with van der Waals surface area (Å²) in [6, 6.07) is 15.0. The molecule has 1 atom stereocenters. The molecular weight excluding hydrogens is 498 g/mol. The Balaban J connectivity index is 1.30. The standard InChI is InChI=1S/C35H49NO4/c1-3-4-5-6-7-8-9-10-11-12-34(37)36-25-26(2)40-33-24-31(21-22-32(33)36)30-19-17-29(18-20-30)28-15-13-27(14-16-28)23-35(38)39/h17-22,24,26-28H,3-16,23,25H2,1-2H3,(H,38,39). The van der Waals surface area contributed by atoms with Crippen molar-refractivity contribution in [1.29, 1.82) is 0 Å². The number of nitrogens with zero attached hydrogens (tertiary/aromatic N) is 1. The Kier molecular flexibility index (Phi) is 11.5. The maximum Gasteiger partial charge on any atom is 0.303 e. The lowest BCUT2D eigenvalue weighted by atomic mass is 9.77. The van der Waals surface area contributed by atoms with Gasteiger partial charge in [0.05, 0.1) is 12.2 Å². The van der Waals surface area contributed by atoms with Gasteiger partial charge in [-0.3, -0.25) is 9.59 Å². The molecule has 218 valence electrons. The molecule has 1 heterocycles. The number of fused-ring (bicyclic) bond motifs is 1. The second kappa shape index (κ2) is 15.3. The van der Waals surface area contributed by atoms with Gasteiger partial charge in [-0.25, -0.2) is 0 Å². The number of amides is 1. The minimum Gasteiger partial charge on any atom is -0.487 e. The fourth-order valence-corrected chi connectivity index (χ4v) is 6.47. The Hall–Kier alpha value is -2.82. The highest BCUT2D eigenvalue weighted by molar-refractivity contribution is 5.96. The predicted molar refractivity (Wildman–Crippen MR) is 163 cm³/mol. The molecule has 0 radical (unpaired) electrons. The van der Waals surface area contributed by atoms with Crippen LogP contribution in [-0.4, -0.2) is 29.6 Å². The van der Waals surface area contributed by atoms with Crippen molar-refractivity contribution in [2.45, 2.75) is 122 Å². The summed E-state index contributed by atoms with van der Waals surface area (Å²) < 4.78 is 6.19. The van der Waals surface area contributed by atoms with Crippen LogP contribution in [0.25, 0.3) is 11.1 Å². The third kappa shape index (κ3) is 8.59. The van der Waals surface area contributed by atoms with E-state index < -0.39 is 5.97 Å². The average Bonchev–Trinajstić information content (AvgIpc) is 2.95. The second-order valence-electron chi connectivity index (χ2n) is 12.1. The lowest BCUT2D eigenvalue weighted by molar-refractivity contribution is -0.138. The molecule has 4 rings (SSSR count). The molecule has 0 saturated heterocycles. The Morgan fingerprint density at radius 2 is 1.48 bits per heavy atom. The van der Waals surface area contributed by atoms with Crippen LogP contribution in [0, 0.1) is 5.92 Å². The molecule has 40 heavy (non-hydrogen) atoms. The maximum atomic E-state index is 13.2. The van der Waals surface area contributed by atoms with Crippen LogP contribution >= 0.6 is 0 Å². The van der Waals surface area contributed by atoms with Crippen LogP contribution in [0.3, 0.4) is 0 Å². The van der Waals surface area contributed by atoms with Gasteiger partial charge >= 0.3 is 5.97 Å². The van der Waals surface area contributed by atoms with E-state index in [1.165, 1.54) is 50.5 Å². The van der Waals surface area contributed by atoms with Gasteiger partial charge in [0.25, 0.3) is 0 Å². The minimum absolute atomic E-state index is 0.0338. The zero-order valence-corrected chi connectivity index (χ0v) is 24.7. The zero-order chi connectivity index (χ0) is 28.3. The number of hydrogen-bond acceptors (Lipinski definition) is 3. The molecule has 2 aliphatic rings. The first-order chi connectivity index (χ1) is 19.4. The number of hydrogen-bond donors (Lipinski definition) is 1. The summed E-state index contributed by atoms with van der Waals surface area (Å²) in [4.78, 5) is 26.1. The first kappa shape index (κ1) is 30.1. The van der Waals surface area contributed by atoms with Gasteiger partial charge in [0.15, 0.2) is 0 Å². The van der Waals surface area contributed by atoms with E-state index in [4.69, 9.17) is 9.84 Å². The Bertz CT molecular complexity index is 1090. The fraction of sp³-hybridized carbons (Fsp3) is 0.600. The third-order valence-electron chi connectivity index (χ3n) is 8.84. The van der Waals surface area contributed by atoms with Crippen molar-refractivity contribution in [3.63, 3.8) is 0 Å². The molecule has 5 heteroatoms. The van der Waals surface area contributed by atoms with Crippen molar-refractivity contribution >= 4 is 17.6 Å². The Morgan fingerprint density at radius 1 is 0.850 bits per heavy atom. The lowest BCUT2D eigenvalue weighted by Gasteiger charge is -2.34. The van der Waals surface area contributed by atoms with Gasteiger partial charge in [-0.1, -0.05) is 88.6 Å². The molecule has 0 bridgehead atoms. The smallest absolute Gasteiger partial charge is 0.303 e. The molecule has 0 aromatic heterocycles. The molecule has 1 amide bonds. The highest BCUT2D eigenvalue weighted by atomic mass is 16.5. The molecule has 1 aliphatic heterocycles. The van der Waals surface area contributed by atoms with Crippen LogP contribution in [0.15, 0.2) is 42.5 Å². The van der Waals surface area contributed by atoms with Crippen LogP contribution in [0.2, 0.25) is 0 Å². The summed E-state index contributed by atoms with van der Waals surface area (Å²) in [5.41, 5.74) is 4.46. The number of rotatable bonds is 14. The van der Waals surface area contributed by atoms with E-state index in [2.05, 4.69) is 43.3 Å². The largest absolute Gasteiger partial charge is 0.487 e. The SMILES string of the molecule is CCCCCCCCCCCC(=O)N1CC(C)Oc2cc(-c3ccc(C4CCC(CC(=O)O)CC4)cc3)ccc21. The number of aliphatic carboxylic acids is 1. The van der Waals surface area contributed by atoms with Crippen molar-refractivity contribution in [1.82, 2.24) is 0 Å². The number of carboxylic acid groups (broad SMARTS) is 1. The molecule has 1 saturated carbocycles. The number of carbonyl (C=O) groups is 2. The third-order valence-corrected chi connectivity index (χ3v) is 8.84. The molecule has 1 aliphatic carbocycles. The summed E-state index contributed by atoms with van der Waals surface area (Å²) in [5.74, 6) is 1.15. The maximum absolute atomic E-state index is 13.2. The Morgan fingerprint density at radius 3 is 2.12 bits per heavy atom. The summed E-state index contributed by atoms with van der Waals surface area (Å²) in [5, 5.41) is 9.08. The van der Waals surface area contributed by atoms with E-state index in [-0.39, 0.29) is 12.0 Å². The molecule has 1 unspecified atom stereocenters. The van der Waals surface area contributed by atoms with Gasteiger partial charge in [-0.2, -0.15) is 0 Å². The lowest BCUT2D eigenvalue weighted by Crippen LogP contribution is -2.42. The molecule has 2 aromatic carbocycles. The number of carbonyl (C=O) groups excluding carboxylic acids is 1. The van der Waals surface area contributed by atoms with Crippen molar-refractivity contribution in [3.05, 3.63) is 48.0 Å². The normalized spacial score (nSPS) is 20.6. The van der Waals surface area contributed by atoms with E-state index in [9.17, 15) is 9.59 Å². The molecule has 1 N–H and O–H groups in total. The highest BCUT2D eigenvalue weighted by Crippen LogP contribution is 2.40. The molecular formula is C35H49NO4. The summed E-state index contributed by atoms with van der Waals surface area (Å²) in [6.07, 6.45) is 16.2. The van der Waals surface area contributed by atoms with Crippen LogP contribution < -0.4 is 9.64 Å². The van der Waals surface area contributed by atoms with E-state index in [0.29, 0.717) is 31.2 Å². The topological polar surface area (TPSA) is 66.8 Å². The van der Waals surface area contributed by atoms with E-state index >= 15 is 0 Å². The van der Waals surface area contributed by atoms with Crippen molar-refractivity contribution in [2.24, 2.45) is 5.92 Å². The van der Waals surface area contributed by atoms with Gasteiger partial charge in [-0.05, 0) is 79.7 Å². The first-order valence-corrected chi connectivity index (χ1v) is 15.9. The quantitative estimate of drug-likeness (QED) is 0.239. The Labute approximate surface area is 241 Å². The van der Waals surface area contributed by atoms with Crippen LogP contribution in [0.5, 0.6) is 5.75 Å². The van der Waals surface area contributed by atoms with E-state index in [1.54, 1.807) is 0 Å². The molecule has 1 fully saturated rings. The number of anilines is 1. The molecule has 2 aromatic rings. The van der Waals surface area contributed by atoms with Crippen molar-refractivity contribution in [2.75, 3.05) is 11.4 Å². The van der Waals surface area contributed by atoms with Gasteiger partial charge < -0.3 is 14.7 Å². The first-order valence-electron chi connectivity index (χ1n) is 15.9. The second-order valence-corrected chi connectivity index (χ2v) is 12.1. The fourth-order valence-electron chi connectivity index (χ4n) is 6.47. The minimum atomic E-state index is -0.678. The summed E-state index contributed by atoms with van der Waals surface area (Å²) in [7, 11) is 0. The van der Waals surface area contributed by atoms with Gasteiger partial charge in [-0.15, -0.1) is 0 Å². The monoisotopic (exact) mass is 547 g/mol. The molecule has 5 nitrogen and oxygen atoms in total. The number of unbranched alkanes of at least 4 members (excludes halogenated alkanes) is 8. The van der Waals surface area contributed by atoms with Gasteiger partial charge in [0, 0.05) is 12.8 Å². The number of benzene rings is 2. The van der Waals surface area contributed by atoms with Crippen LogP contribution in [0.4, 0.5) is 5.69 Å². The number of ether oxygens (including phenoxy) is 1. The highest BCUT2D eigenvalue weighted by Gasteiger charge is 2.28. The van der Waals surface area contributed by atoms with Crippen molar-refractivity contribution in [3.8, 4) is 16.9 Å². The van der Waals surface area contributed by atoms with E-state index in [1.807, 2.05) is 17.9 Å². The van der Waals surface area contributed by atoms with Crippen LogP contribution in [0.1, 0.15) is 122 Å².